The number of hydrogen-bond donors (Lipinski definition) is 2. The Kier molecular flexibility index (Phi) is 5.94. The molecular formula is C19H24N4O5S. The molecule has 0 unspecified atom stereocenters. The fourth-order valence-electron chi connectivity index (χ4n) is 3.41. The van der Waals surface area contributed by atoms with Crippen molar-refractivity contribution in [3.63, 3.8) is 0 Å². The number of nitrogens with zero attached hydrogens (tertiary/aromatic N) is 2. The van der Waals surface area contributed by atoms with Crippen LogP contribution >= 0.6 is 0 Å². The summed E-state index contributed by atoms with van der Waals surface area (Å²) in [7, 11) is -0.671. The highest BCUT2D eigenvalue weighted by atomic mass is 32.2. The molecule has 2 amide bonds. The van der Waals surface area contributed by atoms with Gasteiger partial charge in [0.2, 0.25) is 15.9 Å². The highest BCUT2D eigenvalue weighted by Crippen LogP contribution is 2.28. The van der Waals surface area contributed by atoms with Gasteiger partial charge in [-0.2, -0.15) is 4.31 Å². The maximum absolute atomic E-state index is 12.9. The van der Waals surface area contributed by atoms with Gasteiger partial charge in [0, 0.05) is 32.3 Å². The summed E-state index contributed by atoms with van der Waals surface area (Å²) in [4.78, 5) is 24.0. The second-order valence-electron chi connectivity index (χ2n) is 6.90. The number of amides is 2. The quantitative estimate of drug-likeness (QED) is 0.726. The Balaban J connectivity index is 1.66. The number of rotatable bonds is 6. The van der Waals surface area contributed by atoms with E-state index in [2.05, 4.69) is 5.32 Å². The summed E-state index contributed by atoms with van der Waals surface area (Å²) in [5.74, 6) is -0.596. The minimum Gasteiger partial charge on any atom is -0.495 e. The zero-order valence-corrected chi connectivity index (χ0v) is 17.1. The number of carbonyl (C=O) groups is 2. The van der Waals surface area contributed by atoms with Gasteiger partial charge in [0.25, 0.3) is 5.91 Å². The number of nitrogens with two attached hydrogens (primary N) is 1. The predicted molar refractivity (Wildman–Crippen MR) is 107 cm³/mol. The van der Waals surface area contributed by atoms with Crippen molar-refractivity contribution in [3.05, 3.63) is 42.2 Å². The van der Waals surface area contributed by atoms with Gasteiger partial charge in [-0.25, -0.2) is 8.42 Å². The average molecular weight is 420 g/mol. The number of nitrogens with one attached hydrogen (secondary N) is 1. The maximum atomic E-state index is 12.9. The number of piperidine rings is 1. The van der Waals surface area contributed by atoms with Gasteiger partial charge >= 0.3 is 0 Å². The number of aryl methyl sites for hydroxylation is 1. The zero-order chi connectivity index (χ0) is 21.2. The molecule has 9 nitrogen and oxygen atoms in total. The van der Waals surface area contributed by atoms with Gasteiger partial charge in [-0.1, -0.05) is 12.1 Å². The van der Waals surface area contributed by atoms with Gasteiger partial charge in [-0.15, -0.1) is 0 Å². The van der Waals surface area contributed by atoms with Crippen LogP contribution in [0.2, 0.25) is 0 Å². The molecule has 0 bridgehead atoms. The lowest BCUT2D eigenvalue weighted by Gasteiger charge is -2.30. The number of sulfonamides is 1. The summed E-state index contributed by atoms with van der Waals surface area (Å²) >= 11 is 0. The first-order valence-corrected chi connectivity index (χ1v) is 10.6. The second kappa shape index (κ2) is 8.26. The van der Waals surface area contributed by atoms with Gasteiger partial charge in [0.1, 0.15) is 16.3 Å². The lowest BCUT2D eigenvalue weighted by Crippen LogP contribution is -2.41. The molecular weight excluding hydrogens is 396 g/mol. The molecule has 1 aromatic carbocycles. The Morgan fingerprint density at radius 2 is 1.86 bits per heavy atom. The summed E-state index contributed by atoms with van der Waals surface area (Å²) in [5.41, 5.74) is 5.97. The molecule has 0 saturated carbocycles. The zero-order valence-electron chi connectivity index (χ0n) is 16.3. The van der Waals surface area contributed by atoms with E-state index in [-0.39, 0.29) is 35.5 Å². The molecule has 2 heterocycles. The normalized spacial score (nSPS) is 15.8. The highest BCUT2D eigenvalue weighted by molar-refractivity contribution is 7.89. The van der Waals surface area contributed by atoms with Crippen LogP contribution in [0.25, 0.3) is 0 Å². The topological polar surface area (TPSA) is 124 Å². The van der Waals surface area contributed by atoms with Gasteiger partial charge in [0.05, 0.1) is 12.8 Å². The number of carbonyl (C=O) groups excluding carboxylic acids is 2. The van der Waals surface area contributed by atoms with Crippen molar-refractivity contribution in [2.24, 2.45) is 18.7 Å². The van der Waals surface area contributed by atoms with E-state index in [1.807, 2.05) is 6.07 Å². The first kappa shape index (κ1) is 20.9. The molecule has 29 heavy (non-hydrogen) atoms. The third-order valence-corrected chi connectivity index (χ3v) is 6.92. The summed E-state index contributed by atoms with van der Waals surface area (Å²) in [6.45, 7) is 0.431. The van der Waals surface area contributed by atoms with E-state index >= 15 is 0 Å². The van der Waals surface area contributed by atoms with E-state index in [1.54, 1.807) is 25.2 Å². The third-order valence-electron chi connectivity index (χ3n) is 5.06. The standard InChI is InChI=1S/C19H24N4O5S/c1-22-12-14(11-16(22)18(20)24)29(26,27)23-9-7-13(8-10-23)19(25)21-15-5-3-4-6-17(15)28-2/h3-6,11-13H,7-10H2,1-2H3,(H2,20,24)(H,21,25). The van der Waals surface area contributed by atoms with Crippen molar-refractivity contribution in [2.75, 3.05) is 25.5 Å². The molecule has 1 aromatic heterocycles. The Morgan fingerprint density at radius 3 is 2.45 bits per heavy atom. The molecule has 0 atom stereocenters. The summed E-state index contributed by atoms with van der Waals surface area (Å²) in [6, 6.07) is 8.39. The van der Waals surface area contributed by atoms with E-state index in [4.69, 9.17) is 10.5 Å². The number of para-hydroxylation sites is 2. The smallest absolute Gasteiger partial charge is 0.265 e. The first-order chi connectivity index (χ1) is 13.7. The molecule has 0 spiro atoms. The SMILES string of the molecule is COc1ccccc1NC(=O)C1CCN(S(=O)(=O)c2cc(C(N)=O)n(C)c2)CC1. The summed E-state index contributed by atoms with van der Waals surface area (Å²) in [6.07, 6.45) is 2.17. The Labute approximate surface area is 169 Å². The van der Waals surface area contributed by atoms with Crippen LogP contribution in [0.3, 0.4) is 0 Å². The molecule has 3 N–H and O–H groups in total. The number of benzene rings is 1. The minimum atomic E-state index is -3.76. The van der Waals surface area contributed by atoms with Crippen LogP contribution in [0.1, 0.15) is 23.3 Å². The van der Waals surface area contributed by atoms with Gasteiger partial charge < -0.3 is 20.4 Å². The van der Waals surface area contributed by atoms with Crippen LogP contribution in [0.5, 0.6) is 5.75 Å². The van der Waals surface area contributed by atoms with Crippen LogP contribution < -0.4 is 15.8 Å². The molecule has 2 aromatic rings. The Hall–Kier alpha value is -2.85. The third kappa shape index (κ3) is 4.28. The summed E-state index contributed by atoms with van der Waals surface area (Å²) in [5, 5.41) is 2.85. The molecule has 1 saturated heterocycles. The molecule has 10 heteroatoms. The number of ether oxygens (including phenoxy) is 1. The number of hydrogen-bond acceptors (Lipinski definition) is 5. The molecule has 0 aliphatic carbocycles. The van der Waals surface area contributed by atoms with E-state index in [0.29, 0.717) is 24.3 Å². The fourth-order valence-corrected chi connectivity index (χ4v) is 4.95. The van der Waals surface area contributed by atoms with Crippen LogP contribution in [-0.2, 0) is 21.9 Å². The average Bonchev–Trinajstić information content (AvgIpc) is 3.11. The number of methoxy groups -OCH3 is 1. The second-order valence-corrected chi connectivity index (χ2v) is 8.84. The molecule has 156 valence electrons. The van der Waals surface area contributed by atoms with Gasteiger partial charge in [-0.05, 0) is 31.0 Å². The van der Waals surface area contributed by atoms with Crippen molar-refractivity contribution < 1.29 is 22.7 Å². The van der Waals surface area contributed by atoms with E-state index in [0.717, 1.165) is 0 Å². The minimum absolute atomic E-state index is 0.0192. The van der Waals surface area contributed by atoms with Crippen molar-refractivity contribution in [2.45, 2.75) is 17.7 Å². The van der Waals surface area contributed by atoms with Crippen LogP contribution in [0.15, 0.2) is 41.4 Å². The number of anilines is 1. The van der Waals surface area contributed by atoms with Gasteiger partial charge in [0.15, 0.2) is 0 Å². The fraction of sp³-hybridized carbons (Fsp3) is 0.368. The lowest BCUT2D eigenvalue weighted by molar-refractivity contribution is -0.120. The van der Waals surface area contributed by atoms with Crippen LogP contribution in [0.4, 0.5) is 5.69 Å². The maximum Gasteiger partial charge on any atom is 0.265 e. The van der Waals surface area contributed by atoms with E-state index in [1.165, 1.54) is 28.2 Å². The Bertz CT molecular complexity index is 1020. The van der Waals surface area contributed by atoms with E-state index in [9.17, 15) is 18.0 Å². The largest absolute Gasteiger partial charge is 0.495 e. The highest BCUT2D eigenvalue weighted by Gasteiger charge is 2.33. The molecule has 1 fully saturated rings. The predicted octanol–water partition coefficient (Wildman–Crippen LogP) is 1.17. The van der Waals surface area contributed by atoms with Gasteiger partial charge in [-0.3, -0.25) is 9.59 Å². The summed E-state index contributed by atoms with van der Waals surface area (Å²) < 4.78 is 33.7. The first-order valence-electron chi connectivity index (χ1n) is 9.14. The molecule has 3 rings (SSSR count). The Morgan fingerprint density at radius 1 is 1.21 bits per heavy atom. The van der Waals surface area contributed by atoms with Crippen molar-refractivity contribution in [3.8, 4) is 5.75 Å². The van der Waals surface area contributed by atoms with Crippen LogP contribution in [-0.4, -0.2) is 49.3 Å². The molecule has 1 aliphatic heterocycles. The van der Waals surface area contributed by atoms with Crippen molar-refractivity contribution >= 4 is 27.5 Å². The lowest BCUT2D eigenvalue weighted by atomic mass is 9.97. The number of aromatic nitrogens is 1. The van der Waals surface area contributed by atoms with Crippen molar-refractivity contribution in [1.82, 2.24) is 8.87 Å². The van der Waals surface area contributed by atoms with Crippen molar-refractivity contribution in [1.29, 1.82) is 0 Å². The molecule has 0 radical (unpaired) electrons. The monoisotopic (exact) mass is 420 g/mol. The van der Waals surface area contributed by atoms with E-state index < -0.39 is 15.9 Å². The number of primary amides is 1. The van der Waals surface area contributed by atoms with Crippen LogP contribution in [0, 0.1) is 5.92 Å². The molecule has 1 aliphatic rings.